The quantitative estimate of drug-likeness (QED) is 0.311. The zero-order chi connectivity index (χ0) is 27.4. The third-order valence-electron chi connectivity index (χ3n) is 5.70. The molecule has 3 N–H and O–H groups in total. The summed E-state index contributed by atoms with van der Waals surface area (Å²) >= 11 is 0. The summed E-state index contributed by atoms with van der Waals surface area (Å²) < 4.78 is 78.9. The number of para-hydroxylation sites is 1. The van der Waals surface area contributed by atoms with Crippen LogP contribution in [0.1, 0.15) is 41.5 Å². The monoisotopic (exact) mass is 528 g/mol. The first-order valence-corrected chi connectivity index (χ1v) is 11.1. The largest absolute Gasteiger partial charge is 0.481 e. The molecular formula is C25H22F6N2O4. The fourth-order valence-electron chi connectivity index (χ4n) is 3.86. The molecule has 0 radical (unpaired) electrons. The van der Waals surface area contributed by atoms with Gasteiger partial charge in [-0.3, -0.25) is 14.4 Å². The number of rotatable bonds is 10. The van der Waals surface area contributed by atoms with Crippen molar-refractivity contribution in [3.8, 4) is 0 Å². The molecule has 0 aliphatic heterocycles. The molecule has 0 saturated heterocycles. The standard InChI is InChI=1S/C25H22F6N2O4/c26-24(27,28)16-9-14(10-17(12-16)25(29,30)31)5-6-21(34)20(33-22(35)7-8-23(36)37)11-15-13-32-19-4-2-1-3-18(15)19/h1-4,9-10,12-13,20,32H,5-8,11H2,(H,33,35)(H,36,37). The van der Waals surface area contributed by atoms with Crippen LogP contribution in [0.2, 0.25) is 0 Å². The number of hydrogen-bond donors (Lipinski definition) is 3. The maximum absolute atomic E-state index is 13.1. The number of H-pyrrole nitrogens is 1. The average Bonchev–Trinajstić information content (AvgIpc) is 3.22. The molecule has 0 aliphatic carbocycles. The van der Waals surface area contributed by atoms with E-state index in [0.717, 1.165) is 10.9 Å². The van der Waals surface area contributed by atoms with Crippen LogP contribution in [-0.4, -0.2) is 33.8 Å². The Morgan fingerprint density at radius 1 is 0.892 bits per heavy atom. The highest BCUT2D eigenvalue weighted by Gasteiger charge is 2.37. The molecule has 37 heavy (non-hydrogen) atoms. The van der Waals surface area contributed by atoms with Crippen molar-refractivity contribution in [1.82, 2.24) is 10.3 Å². The maximum atomic E-state index is 13.1. The number of benzene rings is 2. The Labute approximate surface area is 206 Å². The molecule has 0 spiro atoms. The molecule has 1 aromatic heterocycles. The molecule has 3 rings (SSSR count). The number of carboxylic acid groups (broad SMARTS) is 1. The van der Waals surface area contributed by atoms with Crippen LogP contribution in [0, 0.1) is 0 Å². The molecule has 2 aromatic carbocycles. The number of fused-ring (bicyclic) bond motifs is 1. The van der Waals surface area contributed by atoms with Gasteiger partial charge in [0.1, 0.15) is 0 Å². The number of aromatic amines is 1. The zero-order valence-corrected chi connectivity index (χ0v) is 19.2. The summed E-state index contributed by atoms with van der Waals surface area (Å²) in [6, 6.07) is 7.05. The molecule has 0 fully saturated rings. The number of aryl methyl sites for hydroxylation is 1. The van der Waals surface area contributed by atoms with Gasteiger partial charge in [0, 0.05) is 36.4 Å². The van der Waals surface area contributed by atoms with Gasteiger partial charge in [-0.15, -0.1) is 0 Å². The van der Waals surface area contributed by atoms with Gasteiger partial charge in [0.15, 0.2) is 5.78 Å². The third-order valence-corrected chi connectivity index (χ3v) is 5.70. The molecule has 1 unspecified atom stereocenters. The van der Waals surface area contributed by atoms with E-state index >= 15 is 0 Å². The minimum absolute atomic E-state index is 0.00775. The van der Waals surface area contributed by atoms with E-state index in [2.05, 4.69) is 10.3 Å². The highest BCUT2D eigenvalue weighted by atomic mass is 19.4. The summed E-state index contributed by atoms with van der Waals surface area (Å²) in [7, 11) is 0. The van der Waals surface area contributed by atoms with Crippen molar-refractivity contribution in [3.05, 3.63) is 70.9 Å². The van der Waals surface area contributed by atoms with E-state index in [1.807, 2.05) is 0 Å². The van der Waals surface area contributed by atoms with Crippen LogP contribution in [0.3, 0.4) is 0 Å². The summed E-state index contributed by atoms with van der Waals surface area (Å²) in [4.78, 5) is 39.1. The molecule has 0 saturated carbocycles. The lowest BCUT2D eigenvalue weighted by molar-refractivity contribution is -0.143. The van der Waals surface area contributed by atoms with Gasteiger partial charge in [-0.25, -0.2) is 0 Å². The van der Waals surface area contributed by atoms with Crippen molar-refractivity contribution in [2.75, 3.05) is 0 Å². The van der Waals surface area contributed by atoms with Crippen LogP contribution in [0.15, 0.2) is 48.7 Å². The van der Waals surface area contributed by atoms with E-state index in [4.69, 9.17) is 5.11 Å². The normalized spacial score (nSPS) is 12.9. The second-order valence-electron chi connectivity index (χ2n) is 8.46. The second-order valence-corrected chi connectivity index (χ2v) is 8.46. The number of aliphatic carboxylic acids is 1. The van der Waals surface area contributed by atoms with Crippen molar-refractivity contribution in [2.45, 2.75) is 50.5 Å². The third kappa shape index (κ3) is 7.58. The van der Waals surface area contributed by atoms with E-state index in [1.54, 1.807) is 30.5 Å². The van der Waals surface area contributed by atoms with Crippen LogP contribution >= 0.6 is 0 Å². The predicted octanol–water partition coefficient (Wildman–Crippen LogP) is 5.30. The number of Topliss-reactive ketones (excluding diaryl/α,β-unsaturated/α-hetero) is 1. The summed E-state index contributed by atoms with van der Waals surface area (Å²) in [6.45, 7) is 0. The molecule has 198 valence electrons. The fourth-order valence-corrected chi connectivity index (χ4v) is 3.86. The second kappa shape index (κ2) is 11.1. The number of carboxylic acids is 1. The van der Waals surface area contributed by atoms with Gasteiger partial charge in [0.25, 0.3) is 0 Å². The molecule has 1 atom stereocenters. The van der Waals surface area contributed by atoms with Gasteiger partial charge in [0.2, 0.25) is 5.91 Å². The Hall–Kier alpha value is -3.83. The summed E-state index contributed by atoms with van der Waals surface area (Å²) in [5.74, 6) is -2.57. The van der Waals surface area contributed by atoms with Crippen LogP contribution in [0.25, 0.3) is 10.9 Å². The van der Waals surface area contributed by atoms with Crippen molar-refractivity contribution in [2.24, 2.45) is 0 Å². The molecule has 12 heteroatoms. The minimum atomic E-state index is -5.02. The van der Waals surface area contributed by atoms with Gasteiger partial charge in [-0.2, -0.15) is 26.3 Å². The first kappa shape index (κ1) is 27.8. The van der Waals surface area contributed by atoms with Crippen molar-refractivity contribution < 1.29 is 45.8 Å². The van der Waals surface area contributed by atoms with E-state index in [9.17, 15) is 40.7 Å². The average molecular weight is 528 g/mol. The minimum Gasteiger partial charge on any atom is -0.481 e. The lowest BCUT2D eigenvalue weighted by atomic mass is 9.95. The first-order valence-electron chi connectivity index (χ1n) is 11.1. The number of alkyl halides is 6. The highest BCUT2D eigenvalue weighted by Crippen LogP contribution is 2.36. The number of hydrogen-bond acceptors (Lipinski definition) is 3. The summed E-state index contributed by atoms with van der Waals surface area (Å²) in [5.41, 5.74) is -1.90. The number of aromatic nitrogens is 1. The summed E-state index contributed by atoms with van der Waals surface area (Å²) in [6.07, 6.45) is -10.2. The Morgan fingerprint density at radius 2 is 1.51 bits per heavy atom. The molecule has 0 bridgehead atoms. The Bertz CT molecular complexity index is 1260. The lowest BCUT2D eigenvalue weighted by Gasteiger charge is -2.18. The van der Waals surface area contributed by atoms with Gasteiger partial charge in [0.05, 0.1) is 23.6 Å². The molecular weight excluding hydrogens is 506 g/mol. The molecule has 1 amide bonds. The molecule has 3 aromatic rings. The fraction of sp³-hybridized carbons (Fsp3) is 0.320. The lowest BCUT2D eigenvalue weighted by Crippen LogP contribution is -2.42. The first-order chi connectivity index (χ1) is 17.2. The van der Waals surface area contributed by atoms with Gasteiger partial charge >= 0.3 is 18.3 Å². The maximum Gasteiger partial charge on any atom is 0.416 e. The topological polar surface area (TPSA) is 99.3 Å². The van der Waals surface area contributed by atoms with Gasteiger partial charge in [-0.05, 0) is 41.8 Å². The Kier molecular flexibility index (Phi) is 8.29. The van der Waals surface area contributed by atoms with Crippen molar-refractivity contribution in [3.63, 3.8) is 0 Å². The number of ketones is 1. The summed E-state index contributed by atoms with van der Waals surface area (Å²) in [5, 5.41) is 12.0. The molecule has 0 aliphatic rings. The number of halogens is 6. The van der Waals surface area contributed by atoms with Gasteiger partial charge < -0.3 is 15.4 Å². The van der Waals surface area contributed by atoms with E-state index in [-0.39, 0.29) is 18.1 Å². The van der Waals surface area contributed by atoms with Gasteiger partial charge in [-0.1, -0.05) is 18.2 Å². The SMILES string of the molecule is O=C(O)CCC(=O)NC(Cc1c[nH]c2ccccc12)C(=O)CCc1cc(C(F)(F)F)cc(C(F)(F)F)c1. The predicted molar refractivity (Wildman–Crippen MR) is 121 cm³/mol. The van der Waals surface area contributed by atoms with Crippen molar-refractivity contribution in [1.29, 1.82) is 0 Å². The Morgan fingerprint density at radius 3 is 2.11 bits per heavy atom. The smallest absolute Gasteiger partial charge is 0.416 e. The molecule has 6 nitrogen and oxygen atoms in total. The number of amides is 1. The highest BCUT2D eigenvalue weighted by molar-refractivity contribution is 5.91. The van der Waals surface area contributed by atoms with Crippen LogP contribution in [-0.2, 0) is 39.6 Å². The zero-order valence-electron chi connectivity index (χ0n) is 19.2. The van der Waals surface area contributed by atoms with E-state index in [0.29, 0.717) is 17.7 Å². The Balaban J connectivity index is 1.82. The van der Waals surface area contributed by atoms with E-state index in [1.165, 1.54) is 0 Å². The van der Waals surface area contributed by atoms with Crippen LogP contribution < -0.4 is 5.32 Å². The van der Waals surface area contributed by atoms with Crippen molar-refractivity contribution >= 4 is 28.6 Å². The number of nitrogens with one attached hydrogen (secondary N) is 2. The van der Waals surface area contributed by atoms with Crippen LogP contribution in [0.4, 0.5) is 26.3 Å². The number of carbonyl (C=O) groups is 3. The van der Waals surface area contributed by atoms with E-state index < -0.39 is 72.9 Å². The number of carbonyl (C=O) groups excluding carboxylic acids is 2. The van der Waals surface area contributed by atoms with Crippen LogP contribution in [0.5, 0.6) is 0 Å². The molecule has 1 heterocycles.